The van der Waals surface area contributed by atoms with E-state index < -0.39 is 15.9 Å². The molecule has 0 spiro atoms. The third kappa shape index (κ3) is 3.62. The second-order valence-electron chi connectivity index (χ2n) is 5.00. The molecule has 1 aromatic heterocycles. The lowest BCUT2D eigenvalue weighted by Crippen LogP contribution is -2.31. The second kappa shape index (κ2) is 6.97. The fraction of sp³-hybridized carbons (Fsp3) is 0.312. The molecule has 1 heterocycles. The second-order valence-corrected chi connectivity index (χ2v) is 6.91. The Morgan fingerprint density at radius 1 is 1.22 bits per heavy atom. The molecule has 0 aliphatic heterocycles. The summed E-state index contributed by atoms with van der Waals surface area (Å²) >= 11 is 0. The van der Waals surface area contributed by atoms with Gasteiger partial charge in [0.1, 0.15) is 0 Å². The summed E-state index contributed by atoms with van der Waals surface area (Å²) in [6.45, 7) is 6.09. The van der Waals surface area contributed by atoms with E-state index in [1.165, 1.54) is 22.7 Å². The molecule has 23 heavy (non-hydrogen) atoms. The van der Waals surface area contributed by atoms with Crippen LogP contribution in [-0.2, 0) is 10.0 Å². The van der Waals surface area contributed by atoms with E-state index in [2.05, 4.69) is 5.32 Å². The maximum absolute atomic E-state index is 12.7. The van der Waals surface area contributed by atoms with Gasteiger partial charge in [0.05, 0.1) is 11.2 Å². The summed E-state index contributed by atoms with van der Waals surface area (Å²) in [5.74, 6) is -0.260. The van der Waals surface area contributed by atoms with Crippen molar-refractivity contribution in [2.75, 3.05) is 18.4 Å². The predicted octanol–water partition coefficient (Wildman–Crippen LogP) is 2.87. The zero-order valence-corrected chi connectivity index (χ0v) is 14.2. The highest BCUT2D eigenvalue weighted by molar-refractivity contribution is 7.89. The number of hydrogen-bond acceptors (Lipinski definition) is 4. The average molecular weight is 336 g/mol. The lowest BCUT2D eigenvalue weighted by molar-refractivity contribution is 0.0996. The molecule has 0 saturated carbocycles. The van der Waals surface area contributed by atoms with Gasteiger partial charge in [0.2, 0.25) is 10.0 Å². The Morgan fingerprint density at radius 3 is 2.48 bits per heavy atom. The van der Waals surface area contributed by atoms with E-state index in [0.29, 0.717) is 24.3 Å². The summed E-state index contributed by atoms with van der Waals surface area (Å²) < 4.78 is 31.8. The van der Waals surface area contributed by atoms with E-state index in [0.717, 1.165) is 0 Å². The Morgan fingerprint density at radius 2 is 1.91 bits per heavy atom. The van der Waals surface area contributed by atoms with Gasteiger partial charge >= 0.3 is 0 Å². The molecule has 0 atom stereocenters. The quantitative estimate of drug-likeness (QED) is 0.879. The molecule has 0 aliphatic carbocycles. The molecule has 1 N–H and O–H groups in total. The van der Waals surface area contributed by atoms with E-state index in [4.69, 9.17) is 4.42 Å². The summed E-state index contributed by atoms with van der Waals surface area (Å²) in [6.07, 6.45) is 1.40. The Bertz CT molecular complexity index is 778. The smallest absolute Gasteiger partial charge is 0.291 e. The number of hydrogen-bond donors (Lipinski definition) is 1. The number of carbonyl (C=O) groups is 1. The number of aryl methyl sites for hydroxylation is 1. The number of carbonyl (C=O) groups excluding carboxylic acids is 1. The predicted molar refractivity (Wildman–Crippen MR) is 87.9 cm³/mol. The van der Waals surface area contributed by atoms with Crippen molar-refractivity contribution in [2.24, 2.45) is 0 Å². The van der Waals surface area contributed by atoms with Crippen LogP contribution in [0.1, 0.15) is 30.0 Å². The molecule has 1 amide bonds. The molecule has 7 heteroatoms. The number of anilines is 1. The van der Waals surface area contributed by atoms with Crippen molar-refractivity contribution >= 4 is 21.6 Å². The Kier molecular flexibility index (Phi) is 5.23. The molecule has 1 aromatic carbocycles. The summed E-state index contributed by atoms with van der Waals surface area (Å²) in [7, 11) is -3.59. The van der Waals surface area contributed by atoms with Gasteiger partial charge in [-0.2, -0.15) is 4.31 Å². The van der Waals surface area contributed by atoms with Crippen molar-refractivity contribution in [3.05, 3.63) is 47.9 Å². The maximum atomic E-state index is 12.7. The van der Waals surface area contributed by atoms with Gasteiger partial charge < -0.3 is 9.73 Å². The van der Waals surface area contributed by atoms with E-state index in [-0.39, 0.29) is 10.7 Å². The van der Waals surface area contributed by atoms with Gasteiger partial charge in [0.25, 0.3) is 5.91 Å². The molecule has 0 fully saturated rings. The van der Waals surface area contributed by atoms with Crippen LogP contribution in [0.15, 0.2) is 45.9 Å². The summed E-state index contributed by atoms with van der Waals surface area (Å²) in [5.41, 5.74) is 1.04. The van der Waals surface area contributed by atoms with Crippen molar-refractivity contribution in [1.82, 2.24) is 4.31 Å². The Hall–Kier alpha value is -2.12. The highest BCUT2D eigenvalue weighted by Crippen LogP contribution is 2.24. The molecule has 2 aromatic rings. The zero-order valence-electron chi connectivity index (χ0n) is 13.4. The van der Waals surface area contributed by atoms with Gasteiger partial charge in [0, 0.05) is 18.8 Å². The van der Waals surface area contributed by atoms with Crippen molar-refractivity contribution in [2.45, 2.75) is 25.7 Å². The zero-order chi connectivity index (χ0) is 17.0. The number of nitrogens with one attached hydrogen (secondary N) is 1. The van der Waals surface area contributed by atoms with Gasteiger partial charge in [-0.05, 0) is 36.8 Å². The third-order valence-electron chi connectivity index (χ3n) is 3.51. The van der Waals surface area contributed by atoms with Crippen LogP contribution in [0.2, 0.25) is 0 Å². The molecule has 0 unspecified atom stereocenters. The number of furan rings is 1. The van der Waals surface area contributed by atoms with Crippen LogP contribution in [0.4, 0.5) is 5.69 Å². The van der Waals surface area contributed by atoms with E-state index in [9.17, 15) is 13.2 Å². The first kappa shape index (κ1) is 17.2. The SMILES string of the molecule is CCN(CC)S(=O)(=O)c1cc(NC(=O)c2ccco2)ccc1C. The fourth-order valence-electron chi connectivity index (χ4n) is 2.26. The number of benzene rings is 1. The van der Waals surface area contributed by atoms with Crippen molar-refractivity contribution in [3.8, 4) is 0 Å². The van der Waals surface area contributed by atoms with Crippen LogP contribution in [0.3, 0.4) is 0 Å². The summed E-state index contributed by atoms with van der Waals surface area (Å²) in [6, 6.07) is 7.97. The van der Waals surface area contributed by atoms with Gasteiger partial charge in [-0.3, -0.25) is 4.79 Å². The van der Waals surface area contributed by atoms with Crippen LogP contribution < -0.4 is 5.32 Å². The first-order valence-corrected chi connectivity index (χ1v) is 8.79. The molecule has 0 aliphatic rings. The highest BCUT2D eigenvalue weighted by Gasteiger charge is 2.24. The number of rotatable bonds is 6. The number of amides is 1. The lowest BCUT2D eigenvalue weighted by atomic mass is 10.2. The van der Waals surface area contributed by atoms with Crippen molar-refractivity contribution < 1.29 is 17.6 Å². The first-order chi connectivity index (χ1) is 10.9. The van der Waals surface area contributed by atoms with Gasteiger partial charge in [-0.15, -0.1) is 0 Å². The third-order valence-corrected chi connectivity index (χ3v) is 5.71. The monoisotopic (exact) mass is 336 g/mol. The van der Waals surface area contributed by atoms with Crippen LogP contribution in [0.25, 0.3) is 0 Å². The minimum Gasteiger partial charge on any atom is -0.459 e. The van der Waals surface area contributed by atoms with Crippen LogP contribution in [-0.4, -0.2) is 31.7 Å². The minimum atomic E-state index is -3.59. The first-order valence-electron chi connectivity index (χ1n) is 7.35. The normalized spacial score (nSPS) is 11.7. The topological polar surface area (TPSA) is 79.6 Å². The Balaban J connectivity index is 2.34. The lowest BCUT2D eigenvalue weighted by Gasteiger charge is -2.20. The molecule has 6 nitrogen and oxygen atoms in total. The highest BCUT2D eigenvalue weighted by atomic mass is 32.2. The van der Waals surface area contributed by atoms with Crippen molar-refractivity contribution in [1.29, 1.82) is 0 Å². The van der Waals surface area contributed by atoms with E-state index in [1.54, 1.807) is 39.0 Å². The van der Waals surface area contributed by atoms with Gasteiger partial charge in [-0.25, -0.2) is 8.42 Å². The van der Waals surface area contributed by atoms with E-state index in [1.807, 2.05) is 0 Å². The molecular weight excluding hydrogens is 316 g/mol. The van der Waals surface area contributed by atoms with Gasteiger partial charge in [0.15, 0.2) is 5.76 Å². The molecule has 0 bridgehead atoms. The molecular formula is C16H20N2O4S. The number of sulfonamides is 1. The molecule has 0 radical (unpaired) electrons. The Labute approximate surface area is 136 Å². The van der Waals surface area contributed by atoms with Crippen LogP contribution in [0.5, 0.6) is 0 Å². The maximum Gasteiger partial charge on any atom is 0.291 e. The van der Waals surface area contributed by atoms with Gasteiger partial charge in [-0.1, -0.05) is 19.9 Å². The minimum absolute atomic E-state index is 0.165. The molecule has 124 valence electrons. The van der Waals surface area contributed by atoms with Crippen molar-refractivity contribution in [3.63, 3.8) is 0 Å². The summed E-state index contributed by atoms with van der Waals surface area (Å²) in [5, 5.41) is 2.64. The number of nitrogens with zero attached hydrogens (tertiary/aromatic N) is 1. The van der Waals surface area contributed by atoms with Crippen LogP contribution in [0, 0.1) is 6.92 Å². The fourth-order valence-corrected chi connectivity index (χ4v) is 3.97. The largest absolute Gasteiger partial charge is 0.459 e. The molecule has 2 rings (SSSR count). The standard InChI is InChI=1S/C16H20N2O4S/c1-4-18(5-2)23(20,21)15-11-13(9-8-12(15)3)17-16(19)14-7-6-10-22-14/h6-11H,4-5H2,1-3H3,(H,17,19). The molecule has 0 saturated heterocycles. The average Bonchev–Trinajstić information content (AvgIpc) is 3.04. The van der Waals surface area contributed by atoms with E-state index >= 15 is 0 Å². The van der Waals surface area contributed by atoms with Crippen LogP contribution >= 0.6 is 0 Å². The summed E-state index contributed by atoms with van der Waals surface area (Å²) in [4.78, 5) is 12.2.